The van der Waals surface area contributed by atoms with E-state index < -0.39 is 11.9 Å². The molecule has 0 unspecified atom stereocenters. The molecule has 0 aliphatic heterocycles. The average molecular weight is 579 g/mol. The highest BCUT2D eigenvalue weighted by molar-refractivity contribution is 5.98. The van der Waals surface area contributed by atoms with E-state index in [0.29, 0.717) is 31.0 Å². The number of esters is 1. The van der Waals surface area contributed by atoms with Gasteiger partial charge in [0.15, 0.2) is 17.0 Å². The van der Waals surface area contributed by atoms with Crippen molar-refractivity contribution >= 4 is 28.6 Å². The highest BCUT2D eigenvalue weighted by atomic mass is 16.5. The highest BCUT2D eigenvalue weighted by Crippen LogP contribution is 2.38. The van der Waals surface area contributed by atoms with Crippen LogP contribution in [-0.4, -0.2) is 67.0 Å². The van der Waals surface area contributed by atoms with Crippen LogP contribution in [-0.2, 0) is 16.0 Å². The third-order valence-corrected chi connectivity index (χ3v) is 6.59. The van der Waals surface area contributed by atoms with E-state index in [1.807, 2.05) is 19.9 Å². The van der Waals surface area contributed by atoms with Gasteiger partial charge in [-0.3, -0.25) is 14.0 Å². The Labute approximate surface area is 242 Å². The lowest BCUT2D eigenvalue weighted by Crippen LogP contribution is -2.33. The van der Waals surface area contributed by atoms with Gasteiger partial charge in [-0.15, -0.1) is 0 Å². The number of fused-ring (bicyclic) bond motifs is 2. The molecule has 0 aliphatic rings. The third kappa shape index (κ3) is 5.84. The summed E-state index contributed by atoms with van der Waals surface area (Å²) >= 11 is 0. The van der Waals surface area contributed by atoms with E-state index in [0.717, 1.165) is 5.56 Å². The molecule has 1 aromatic carbocycles. The van der Waals surface area contributed by atoms with Crippen molar-refractivity contribution in [3.8, 4) is 17.2 Å². The molecular formula is C30H34N4O8. The fourth-order valence-electron chi connectivity index (χ4n) is 4.61. The van der Waals surface area contributed by atoms with Crippen molar-refractivity contribution in [1.29, 1.82) is 0 Å². The number of rotatable bonds is 11. The molecule has 0 saturated carbocycles. The number of aryl methyl sites for hydroxylation is 2. The fraction of sp³-hybridized carbons (Fsp3) is 0.367. The molecule has 0 N–H and O–H groups in total. The molecule has 222 valence electrons. The van der Waals surface area contributed by atoms with E-state index in [1.54, 1.807) is 23.8 Å². The summed E-state index contributed by atoms with van der Waals surface area (Å²) in [6.45, 7) is 6.65. The monoisotopic (exact) mass is 578 g/mol. The van der Waals surface area contributed by atoms with Gasteiger partial charge in [0.05, 0.1) is 33.3 Å². The number of nitrogens with zero attached hydrogens (tertiary/aromatic N) is 4. The van der Waals surface area contributed by atoms with Crippen LogP contribution in [0.5, 0.6) is 17.2 Å². The minimum Gasteiger partial charge on any atom is -0.493 e. The Kier molecular flexibility index (Phi) is 9.58. The normalized spacial score (nSPS) is 11.6. The second-order valence-electron chi connectivity index (χ2n) is 9.17. The van der Waals surface area contributed by atoms with Crippen molar-refractivity contribution in [3.63, 3.8) is 0 Å². The first-order chi connectivity index (χ1) is 20.3. The largest absolute Gasteiger partial charge is 0.493 e. The van der Waals surface area contributed by atoms with Gasteiger partial charge in [0.1, 0.15) is 16.9 Å². The zero-order valence-electron chi connectivity index (χ0n) is 24.6. The van der Waals surface area contributed by atoms with Crippen molar-refractivity contribution < 1.29 is 33.3 Å². The Hall–Kier alpha value is -4.71. The highest BCUT2D eigenvalue weighted by Gasteiger charge is 2.22. The molecule has 0 atom stereocenters. The lowest BCUT2D eigenvalue weighted by atomic mass is 10.1. The van der Waals surface area contributed by atoms with Crippen molar-refractivity contribution in [2.24, 2.45) is 4.99 Å². The molecule has 12 nitrogen and oxygen atoms in total. The number of methoxy groups -OCH3 is 3. The predicted octanol–water partition coefficient (Wildman–Crippen LogP) is 3.33. The van der Waals surface area contributed by atoms with Crippen molar-refractivity contribution in [2.75, 3.05) is 41.2 Å². The van der Waals surface area contributed by atoms with Crippen molar-refractivity contribution in [3.05, 3.63) is 69.1 Å². The topological polar surface area (TPSA) is 132 Å². The predicted molar refractivity (Wildman–Crippen MR) is 155 cm³/mol. The smallest absolute Gasteiger partial charge is 0.341 e. The summed E-state index contributed by atoms with van der Waals surface area (Å²) in [5, 5.41) is 0.178. The molecule has 3 heterocycles. The lowest BCUT2D eigenvalue weighted by molar-refractivity contribution is 0.0523. The van der Waals surface area contributed by atoms with Gasteiger partial charge in [0.2, 0.25) is 5.75 Å². The summed E-state index contributed by atoms with van der Waals surface area (Å²) in [4.78, 5) is 49.8. The van der Waals surface area contributed by atoms with Crippen LogP contribution < -0.4 is 25.3 Å². The van der Waals surface area contributed by atoms with Gasteiger partial charge in [-0.25, -0.2) is 9.78 Å². The van der Waals surface area contributed by atoms with Crippen molar-refractivity contribution in [1.82, 2.24) is 14.0 Å². The summed E-state index contributed by atoms with van der Waals surface area (Å²) in [6, 6.07) is 7.93. The van der Waals surface area contributed by atoms with E-state index in [9.17, 15) is 14.4 Å². The maximum absolute atomic E-state index is 13.7. The van der Waals surface area contributed by atoms with Gasteiger partial charge in [0.25, 0.3) is 11.5 Å². The molecule has 42 heavy (non-hydrogen) atoms. The Bertz CT molecular complexity index is 1750. The molecular weight excluding hydrogens is 544 g/mol. The second kappa shape index (κ2) is 13.3. The zero-order chi connectivity index (χ0) is 30.4. The number of aromatic nitrogens is 3. The Morgan fingerprint density at radius 2 is 1.69 bits per heavy atom. The van der Waals surface area contributed by atoms with Crippen LogP contribution in [0.15, 0.2) is 46.3 Å². The maximum Gasteiger partial charge on any atom is 0.341 e. The summed E-state index contributed by atoms with van der Waals surface area (Å²) in [6.07, 6.45) is 2.11. The molecule has 1 amide bonds. The van der Waals surface area contributed by atoms with E-state index in [1.165, 1.54) is 43.9 Å². The molecule has 0 aliphatic carbocycles. The number of hydrogen-bond acceptors (Lipinski definition) is 9. The third-order valence-electron chi connectivity index (χ3n) is 6.59. The van der Waals surface area contributed by atoms with Crippen LogP contribution in [0.4, 0.5) is 0 Å². The van der Waals surface area contributed by atoms with Crippen LogP contribution >= 0.6 is 0 Å². The van der Waals surface area contributed by atoms with E-state index in [4.69, 9.17) is 28.7 Å². The number of benzene rings is 1. The van der Waals surface area contributed by atoms with Gasteiger partial charge in [-0.1, -0.05) is 6.07 Å². The van der Waals surface area contributed by atoms with E-state index >= 15 is 0 Å². The maximum atomic E-state index is 13.7. The molecule has 3 aromatic heterocycles. The number of carbonyl (C=O) groups excluding carboxylic acids is 2. The van der Waals surface area contributed by atoms with E-state index in [-0.39, 0.29) is 57.9 Å². The molecule has 0 saturated heterocycles. The molecule has 12 heteroatoms. The molecule has 4 rings (SSSR count). The van der Waals surface area contributed by atoms with Crippen LogP contribution in [0.3, 0.4) is 0 Å². The minimum atomic E-state index is -0.733. The first-order valence-electron chi connectivity index (χ1n) is 13.5. The standard InChI is InChI=1S/C30H34N4O8/c1-7-41-14-10-13-33-26-20(29(36)34-12-9-11-18(3)25(34)31-26)17-21(30(37)42-8-2)27(33)32-28(35)19-15-22(38-4)24(40-6)23(16-19)39-5/h9,11-12,15-17H,7-8,10,13-14H2,1-6H3. The number of ether oxygens (including phenoxy) is 5. The van der Waals surface area contributed by atoms with Gasteiger partial charge < -0.3 is 28.3 Å². The summed E-state index contributed by atoms with van der Waals surface area (Å²) < 4.78 is 30.0. The quantitative estimate of drug-likeness (QED) is 0.149. The number of pyridine rings is 2. The number of carbonyl (C=O) groups is 2. The summed E-state index contributed by atoms with van der Waals surface area (Å²) in [5.41, 5.74) is 1.20. The average Bonchev–Trinajstić information content (AvgIpc) is 2.99. The van der Waals surface area contributed by atoms with E-state index in [2.05, 4.69) is 4.99 Å². The summed E-state index contributed by atoms with van der Waals surface area (Å²) in [7, 11) is 4.33. The first-order valence-corrected chi connectivity index (χ1v) is 13.5. The number of hydrogen-bond donors (Lipinski definition) is 0. The summed E-state index contributed by atoms with van der Waals surface area (Å²) in [5.74, 6) is -0.580. The van der Waals surface area contributed by atoms with Crippen molar-refractivity contribution in [2.45, 2.75) is 33.7 Å². The SMILES string of the molecule is CCOCCCn1c(=NC(=O)c2cc(OC)c(OC)c(OC)c2)c(C(=O)OCC)cc2c(=O)n3cccc(C)c3nc21. The molecule has 0 bridgehead atoms. The lowest BCUT2D eigenvalue weighted by Gasteiger charge is -2.16. The van der Waals surface area contributed by atoms with Crippen LogP contribution in [0, 0.1) is 6.92 Å². The zero-order valence-corrected chi connectivity index (χ0v) is 24.6. The van der Waals surface area contributed by atoms with Crippen LogP contribution in [0.25, 0.3) is 16.7 Å². The first kappa shape index (κ1) is 30.3. The molecule has 0 radical (unpaired) electrons. The number of amides is 1. The Balaban J connectivity index is 2.08. The Morgan fingerprint density at radius 3 is 2.31 bits per heavy atom. The molecule has 0 spiro atoms. The van der Waals surface area contributed by atoms with Crippen LogP contribution in [0.1, 0.15) is 46.5 Å². The second-order valence-corrected chi connectivity index (χ2v) is 9.17. The fourth-order valence-corrected chi connectivity index (χ4v) is 4.61. The van der Waals surface area contributed by atoms with Gasteiger partial charge in [-0.2, -0.15) is 4.99 Å². The van der Waals surface area contributed by atoms with Gasteiger partial charge in [0, 0.05) is 31.5 Å². The molecule has 0 fully saturated rings. The van der Waals surface area contributed by atoms with Gasteiger partial charge >= 0.3 is 5.97 Å². The minimum absolute atomic E-state index is 0.000958. The van der Waals surface area contributed by atoms with Crippen LogP contribution in [0.2, 0.25) is 0 Å². The van der Waals surface area contributed by atoms with Gasteiger partial charge in [-0.05, 0) is 57.0 Å². The Morgan fingerprint density at radius 1 is 0.976 bits per heavy atom. The molecule has 4 aromatic rings.